The standard InChI is InChI=1S/C29H29F8NO5S2/c1-16-13-21(5-7-23(16)30)45(42,43)26-10-11-38(25(39)19-9-12-44(40,41)17(2)14-19)24(26)8-3-18-15-20(4-6-22(18)26)27(31,28(32,33)34)29(35,36)37/h4-7,13,15,17,19,24H,3,8-12,14H2,1-2H3. The molecule has 0 bridgehead atoms. The van der Waals surface area contributed by atoms with Crippen LogP contribution in [0.4, 0.5) is 35.1 Å². The summed E-state index contributed by atoms with van der Waals surface area (Å²) in [4.78, 5) is 14.8. The second kappa shape index (κ2) is 10.6. The second-order valence-corrected chi connectivity index (χ2v) is 16.8. The zero-order chi connectivity index (χ0) is 33.5. The summed E-state index contributed by atoms with van der Waals surface area (Å²) in [7, 11) is -8.06. The number of benzene rings is 2. The van der Waals surface area contributed by atoms with Crippen LogP contribution in [0.25, 0.3) is 0 Å². The minimum Gasteiger partial charge on any atom is -0.337 e. The van der Waals surface area contributed by atoms with Crippen molar-refractivity contribution >= 4 is 25.6 Å². The number of carbonyl (C=O) groups is 1. The number of rotatable bonds is 4. The number of hydrogen-bond acceptors (Lipinski definition) is 5. The molecule has 2 fully saturated rings. The van der Waals surface area contributed by atoms with Crippen molar-refractivity contribution in [3.63, 3.8) is 0 Å². The van der Waals surface area contributed by atoms with Gasteiger partial charge in [-0.05, 0) is 80.8 Å². The normalized spacial score (nSPS) is 27.2. The van der Waals surface area contributed by atoms with Gasteiger partial charge in [0, 0.05) is 18.0 Å². The number of likely N-dealkylation sites (tertiary alicyclic amines) is 1. The number of sulfone groups is 2. The number of carbonyl (C=O) groups excluding carboxylic acids is 1. The Morgan fingerprint density at radius 2 is 1.62 bits per heavy atom. The number of fused-ring (bicyclic) bond motifs is 3. The van der Waals surface area contributed by atoms with Crippen LogP contribution in [0.2, 0.25) is 0 Å². The second-order valence-electron chi connectivity index (χ2n) is 12.1. The first-order valence-electron chi connectivity index (χ1n) is 14.1. The maximum absolute atomic E-state index is 15.0. The van der Waals surface area contributed by atoms with Crippen LogP contribution in [0.1, 0.15) is 54.9 Å². The van der Waals surface area contributed by atoms with Crippen molar-refractivity contribution in [3.05, 3.63) is 64.5 Å². The maximum Gasteiger partial charge on any atom is 0.435 e. The lowest BCUT2D eigenvalue weighted by Gasteiger charge is -2.44. The molecule has 6 nitrogen and oxygen atoms in total. The van der Waals surface area contributed by atoms with E-state index in [1.807, 2.05) is 0 Å². The van der Waals surface area contributed by atoms with Gasteiger partial charge in [0.05, 0.1) is 21.9 Å². The summed E-state index contributed by atoms with van der Waals surface area (Å²) in [6.45, 7) is 2.61. The third-order valence-corrected chi connectivity index (χ3v) is 14.4. The van der Waals surface area contributed by atoms with Crippen LogP contribution < -0.4 is 0 Å². The Bertz CT molecular complexity index is 1740. The molecule has 3 aliphatic rings. The van der Waals surface area contributed by atoms with Crippen molar-refractivity contribution in [2.45, 2.75) is 84.9 Å². The number of aryl methyl sites for hydroxylation is 2. The van der Waals surface area contributed by atoms with E-state index in [0.717, 1.165) is 24.3 Å². The van der Waals surface area contributed by atoms with Gasteiger partial charge in [-0.1, -0.05) is 18.2 Å². The highest BCUT2D eigenvalue weighted by molar-refractivity contribution is 7.92. The third-order valence-electron chi connectivity index (χ3n) is 9.60. The fraction of sp³-hybridized carbons (Fsp3) is 0.552. The molecule has 2 heterocycles. The number of nitrogens with zero attached hydrogens (tertiary/aromatic N) is 1. The van der Waals surface area contributed by atoms with Crippen molar-refractivity contribution in [2.75, 3.05) is 12.3 Å². The number of halogens is 8. The van der Waals surface area contributed by atoms with E-state index in [4.69, 9.17) is 0 Å². The minimum absolute atomic E-state index is 0.000945. The lowest BCUT2D eigenvalue weighted by atomic mass is 9.76. The molecule has 2 saturated heterocycles. The molecule has 1 aliphatic carbocycles. The Balaban J connectivity index is 1.67. The Morgan fingerprint density at radius 1 is 0.978 bits per heavy atom. The molecule has 2 aliphatic heterocycles. The lowest BCUT2D eigenvalue weighted by Crippen LogP contribution is -2.54. The molecule has 45 heavy (non-hydrogen) atoms. The van der Waals surface area contributed by atoms with E-state index in [1.54, 1.807) is 0 Å². The van der Waals surface area contributed by atoms with Gasteiger partial charge < -0.3 is 4.90 Å². The van der Waals surface area contributed by atoms with Gasteiger partial charge in [-0.3, -0.25) is 4.79 Å². The SMILES string of the molecule is Cc1cc(S(=O)(=O)C23CCN(C(=O)C4CCS(=O)(=O)C(C)C4)C2CCc2cc(C(F)(C(F)(F)F)C(F)(F)F)ccc23)ccc1F. The summed E-state index contributed by atoms with van der Waals surface area (Å²) in [5.41, 5.74) is -7.97. The molecule has 0 N–H and O–H groups in total. The van der Waals surface area contributed by atoms with Crippen molar-refractivity contribution in [1.82, 2.24) is 4.90 Å². The van der Waals surface area contributed by atoms with Crippen molar-refractivity contribution in [2.24, 2.45) is 5.92 Å². The summed E-state index contributed by atoms with van der Waals surface area (Å²) in [5, 5.41) is -0.827. The summed E-state index contributed by atoms with van der Waals surface area (Å²) < 4.78 is 162. The number of alkyl halides is 7. The van der Waals surface area contributed by atoms with E-state index in [0.29, 0.717) is 6.07 Å². The Morgan fingerprint density at radius 3 is 2.20 bits per heavy atom. The molecule has 2 aromatic carbocycles. The summed E-state index contributed by atoms with van der Waals surface area (Å²) >= 11 is 0. The van der Waals surface area contributed by atoms with Gasteiger partial charge >= 0.3 is 18.0 Å². The highest BCUT2D eigenvalue weighted by Crippen LogP contribution is 2.57. The van der Waals surface area contributed by atoms with Crippen LogP contribution in [0, 0.1) is 18.7 Å². The zero-order valence-corrected chi connectivity index (χ0v) is 25.6. The first-order valence-corrected chi connectivity index (χ1v) is 17.3. The molecular formula is C29H29F8NO5S2. The van der Waals surface area contributed by atoms with E-state index in [-0.39, 0.29) is 72.1 Å². The molecule has 0 spiro atoms. The van der Waals surface area contributed by atoms with Crippen LogP contribution in [0.5, 0.6) is 0 Å². The van der Waals surface area contributed by atoms with Crippen LogP contribution in [0.3, 0.4) is 0 Å². The minimum atomic E-state index is -6.38. The van der Waals surface area contributed by atoms with Crippen molar-refractivity contribution < 1.29 is 56.8 Å². The van der Waals surface area contributed by atoms with E-state index in [2.05, 4.69) is 0 Å². The zero-order valence-electron chi connectivity index (χ0n) is 24.0. The lowest BCUT2D eigenvalue weighted by molar-refractivity contribution is -0.348. The maximum atomic E-state index is 15.0. The van der Waals surface area contributed by atoms with Gasteiger partial charge in [-0.25, -0.2) is 25.6 Å². The van der Waals surface area contributed by atoms with Gasteiger partial charge in [0.1, 0.15) is 10.6 Å². The average molecular weight is 688 g/mol. The fourth-order valence-electron chi connectivity index (χ4n) is 7.12. The van der Waals surface area contributed by atoms with Gasteiger partial charge in [0.25, 0.3) is 0 Å². The Hall–Kier alpha value is -2.75. The van der Waals surface area contributed by atoms with Gasteiger partial charge in [0.2, 0.25) is 5.91 Å². The van der Waals surface area contributed by atoms with E-state index in [1.165, 1.54) is 18.7 Å². The first-order chi connectivity index (χ1) is 20.6. The van der Waals surface area contributed by atoms with Gasteiger partial charge in [-0.15, -0.1) is 0 Å². The molecule has 4 unspecified atom stereocenters. The Kier molecular flexibility index (Phi) is 7.95. The predicted octanol–water partition coefficient (Wildman–Crippen LogP) is 5.85. The van der Waals surface area contributed by atoms with Crippen LogP contribution >= 0.6 is 0 Å². The topological polar surface area (TPSA) is 88.6 Å². The monoisotopic (exact) mass is 687 g/mol. The van der Waals surface area contributed by atoms with Gasteiger partial charge in [0.15, 0.2) is 19.7 Å². The molecule has 1 amide bonds. The molecule has 0 aromatic heterocycles. The van der Waals surface area contributed by atoms with E-state index in [9.17, 15) is 52.4 Å². The predicted molar refractivity (Wildman–Crippen MR) is 146 cm³/mol. The summed E-state index contributed by atoms with van der Waals surface area (Å²) in [6.07, 6.45) is -13.6. The molecule has 5 rings (SSSR count). The van der Waals surface area contributed by atoms with E-state index < -0.39 is 76.9 Å². The van der Waals surface area contributed by atoms with Crippen LogP contribution in [0.15, 0.2) is 41.3 Å². The quantitative estimate of drug-likeness (QED) is 0.297. The van der Waals surface area contributed by atoms with Gasteiger partial charge in [-0.2, -0.15) is 26.3 Å². The summed E-state index contributed by atoms with van der Waals surface area (Å²) in [6, 6.07) is 3.21. The smallest absolute Gasteiger partial charge is 0.337 e. The average Bonchev–Trinajstić information content (AvgIpc) is 3.35. The highest BCUT2D eigenvalue weighted by atomic mass is 32.2. The Labute approximate surface area is 254 Å². The molecule has 16 heteroatoms. The fourth-order valence-corrected chi connectivity index (χ4v) is 11.1. The molecule has 2 aromatic rings. The van der Waals surface area contributed by atoms with Crippen molar-refractivity contribution in [3.8, 4) is 0 Å². The highest BCUT2D eigenvalue weighted by Gasteiger charge is 2.74. The molecule has 0 saturated carbocycles. The molecular weight excluding hydrogens is 658 g/mol. The third kappa shape index (κ3) is 4.95. The van der Waals surface area contributed by atoms with Crippen molar-refractivity contribution in [1.29, 1.82) is 0 Å². The van der Waals surface area contributed by atoms with Crippen LogP contribution in [-0.2, 0) is 41.3 Å². The molecule has 248 valence electrons. The molecule has 0 radical (unpaired) electrons. The molecule has 4 atom stereocenters. The van der Waals surface area contributed by atoms with Crippen LogP contribution in [-0.4, -0.2) is 63.6 Å². The summed E-state index contributed by atoms with van der Waals surface area (Å²) in [5.74, 6) is -2.24. The largest absolute Gasteiger partial charge is 0.435 e. The number of hydrogen-bond donors (Lipinski definition) is 0. The number of amides is 1. The van der Waals surface area contributed by atoms with E-state index >= 15 is 4.39 Å². The first kappa shape index (κ1) is 33.6.